The van der Waals surface area contributed by atoms with Gasteiger partial charge in [0.2, 0.25) is 0 Å². The first-order valence-electron chi connectivity index (χ1n) is 12.2. The average molecular weight is 462 g/mol. The zero-order chi connectivity index (χ0) is 23.9. The number of para-hydroxylation sites is 3. The number of hydrogen-bond acceptors (Lipinski definition) is 2. The Morgan fingerprint density at radius 3 is 1.75 bits per heavy atom. The summed E-state index contributed by atoms with van der Waals surface area (Å²) in [7, 11) is 0. The lowest BCUT2D eigenvalue weighted by Gasteiger charge is -2.25. The normalized spacial score (nSPS) is 11.3. The minimum atomic E-state index is 0.883. The van der Waals surface area contributed by atoms with Crippen LogP contribution in [0.5, 0.6) is 0 Å². The standard InChI is InChI=1S/C34H23NO/c1-4-13-24(14-5-1)30-23-25-15-10-11-20-28(25)32-29-21-12-22-31(33(29)36-34(30)32)35(26-16-6-2-7-17-26)27-18-8-3-9-19-27/h1-23H. The molecule has 0 radical (unpaired) electrons. The Hall–Kier alpha value is -4.82. The Kier molecular flexibility index (Phi) is 4.82. The zero-order valence-corrected chi connectivity index (χ0v) is 19.6. The molecule has 2 heteroatoms. The number of rotatable bonds is 4. The van der Waals surface area contributed by atoms with E-state index in [0.717, 1.165) is 50.1 Å². The maximum Gasteiger partial charge on any atom is 0.159 e. The van der Waals surface area contributed by atoms with Crippen molar-refractivity contribution < 1.29 is 4.42 Å². The molecule has 0 bridgehead atoms. The molecule has 2 nitrogen and oxygen atoms in total. The van der Waals surface area contributed by atoms with Crippen LogP contribution >= 0.6 is 0 Å². The SMILES string of the molecule is c1ccc(-c2cc3ccccc3c3c2oc2c(N(c4ccccc4)c4ccccc4)cccc23)cc1. The largest absolute Gasteiger partial charge is 0.453 e. The molecule has 0 saturated carbocycles. The maximum absolute atomic E-state index is 6.86. The van der Waals surface area contributed by atoms with Gasteiger partial charge in [0.05, 0.1) is 5.69 Å². The smallest absolute Gasteiger partial charge is 0.159 e. The van der Waals surface area contributed by atoms with Gasteiger partial charge in [0.25, 0.3) is 0 Å². The van der Waals surface area contributed by atoms with Crippen molar-refractivity contribution in [3.05, 3.63) is 140 Å². The van der Waals surface area contributed by atoms with E-state index >= 15 is 0 Å². The molecule has 1 heterocycles. The maximum atomic E-state index is 6.86. The van der Waals surface area contributed by atoms with E-state index in [0.29, 0.717) is 0 Å². The van der Waals surface area contributed by atoms with Gasteiger partial charge in [0, 0.05) is 27.7 Å². The van der Waals surface area contributed by atoms with Crippen molar-refractivity contribution in [3.63, 3.8) is 0 Å². The Morgan fingerprint density at radius 2 is 1.06 bits per heavy atom. The minimum Gasteiger partial charge on any atom is -0.453 e. The summed E-state index contributed by atoms with van der Waals surface area (Å²) in [6.45, 7) is 0. The van der Waals surface area contributed by atoms with Crippen molar-refractivity contribution in [1.82, 2.24) is 0 Å². The summed E-state index contributed by atoms with van der Waals surface area (Å²) < 4.78 is 6.86. The van der Waals surface area contributed by atoms with Crippen molar-refractivity contribution in [2.24, 2.45) is 0 Å². The number of nitrogens with zero attached hydrogens (tertiary/aromatic N) is 1. The molecule has 1 aromatic heterocycles. The highest BCUT2D eigenvalue weighted by Crippen LogP contribution is 2.46. The number of benzene rings is 6. The third-order valence-corrected chi connectivity index (χ3v) is 6.82. The summed E-state index contributed by atoms with van der Waals surface area (Å²) in [5.74, 6) is 0. The van der Waals surface area contributed by atoms with Crippen LogP contribution in [0.25, 0.3) is 43.8 Å². The predicted octanol–water partition coefficient (Wildman–Crippen LogP) is 9.88. The number of fused-ring (bicyclic) bond motifs is 5. The molecule has 0 atom stereocenters. The average Bonchev–Trinajstić information content (AvgIpc) is 3.35. The monoisotopic (exact) mass is 461 g/mol. The van der Waals surface area contributed by atoms with Crippen molar-refractivity contribution in [1.29, 1.82) is 0 Å². The first-order chi connectivity index (χ1) is 17.9. The molecule has 7 aromatic rings. The van der Waals surface area contributed by atoms with E-state index in [1.54, 1.807) is 0 Å². The Labute approximate surface area is 209 Å². The van der Waals surface area contributed by atoms with E-state index in [4.69, 9.17) is 4.42 Å². The molecule has 0 N–H and O–H groups in total. The van der Waals surface area contributed by atoms with E-state index in [1.807, 2.05) is 12.1 Å². The summed E-state index contributed by atoms with van der Waals surface area (Å²) in [4.78, 5) is 2.27. The fourth-order valence-corrected chi connectivity index (χ4v) is 5.22. The van der Waals surface area contributed by atoms with Gasteiger partial charge in [0.15, 0.2) is 5.58 Å². The molecule has 6 aromatic carbocycles. The molecule has 0 fully saturated rings. The van der Waals surface area contributed by atoms with Gasteiger partial charge in [-0.3, -0.25) is 0 Å². The number of hydrogen-bond donors (Lipinski definition) is 0. The summed E-state index contributed by atoms with van der Waals surface area (Å²) in [6, 6.07) is 48.8. The molecule has 7 rings (SSSR count). The zero-order valence-electron chi connectivity index (χ0n) is 19.6. The van der Waals surface area contributed by atoms with Gasteiger partial charge in [-0.05, 0) is 52.7 Å². The molecule has 0 saturated heterocycles. The molecule has 0 aliphatic carbocycles. The molecule has 0 amide bonds. The molecule has 0 aliphatic heterocycles. The summed E-state index contributed by atoms with van der Waals surface area (Å²) in [5.41, 5.74) is 7.25. The van der Waals surface area contributed by atoms with Gasteiger partial charge >= 0.3 is 0 Å². The van der Waals surface area contributed by atoms with Crippen molar-refractivity contribution >= 4 is 49.8 Å². The van der Waals surface area contributed by atoms with Gasteiger partial charge in [-0.1, -0.05) is 103 Å². The van der Waals surface area contributed by atoms with Crippen LogP contribution in [-0.4, -0.2) is 0 Å². The van der Waals surface area contributed by atoms with E-state index < -0.39 is 0 Å². The number of furan rings is 1. The van der Waals surface area contributed by atoms with Crippen LogP contribution < -0.4 is 4.90 Å². The molecule has 0 spiro atoms. The lowest BCUT2D eigenvalue weighted by Crippen LogP contribution is -2.09. The molecule has 0 unspecified atom stereocenters. The summed E-state index contributed by atoms with van der Waals surface area (Å²) >= 11 is 0. The lowest BCUT2D eigenvalue weighted by atomic mass is 9.96. The van der Waals surface area contributed by atoms with Crippen molar-refractivity contribution in [2.45, 2.75) is 0 Å². The van der Waals surface area contributed by atoms with Crippen LogP contribution in [0.3, 0.4) is 0 Å². The predicted molar refractivity (Wildman–Crippen MR) is 151 cm³/mol. The van der Waals surface area contributed by atoms with Crippen LogP contribution in [-0.2, 0) is 0 Å². The number of anilines is 3. The van der Waals surface area contributed by atoms with Gasteiger partial charge in [-0.2, -0.15) is 0 Å². The Balaban J connectivity index is 1.60. The summed E-state index contributed by atoms with van der Waals surface area (Å²) in [6.07, 6.45) is 0. The third-order valence-electron chi connectivity index (χ3n) is 6.82. The van der Waals surface area contributed by atoms with E-state index in [-0.39, 0.29) is 0 Å². The molecular weight excluding hydrogens is 438 g/mol. The van der Waals surface area contributed by atoms with Gasteiger partial charge < -0.3 is 9.32 Å². The highest BCUT2D eigenvalue weighted by molar-refractivity contribution is 6.24. The molecular formula is C34H23NO. The Bertz CT molecular complexity index is 1780. The summed E-state index contributed by atoms with van der Waals surface area (Å²) in [5, 5.41) is 4.69. The van der Waals surface area contributed by atoms with Crippen molar-refractivity contribution in [3.8, 4) is 11.1 Å². The molecule has 170 valence electrons. The fraction of sp³-hybridized carbons (Fsp3) is 0. The second kappa shape index (κ2) is 8.44. The topological polar surface area (TPSA) is 16.4 Å². The fourth-order valence-electron chi connectivity index (χ4n) is 5.22. The minimum absolute atomic E-state index is 0.883. The van der Waals surface area contributed by atoms with E-state index in [9.17, 15) is 0 Å². The van der Waals surface area contributed by atoms with E-state index in [2.05, 4.69) is 132 Å². The van der Waals surface area contributed by atoms with Gasteiger partial charge in [-0.25, -0.2) is 0 Å². The van der Waals surface area contributed by atoms with Gasteiger partial charge in [0.1, 0.15) is 5.58 Å². The second-order valence-corrected chi connectivity index (χ2v) is 8.98. The highest BCUT2D eigenvalue weighted by Gasteiger charge is 2.21. The van der Waals surface area contributed by atoms with Crippen LogP contribution in [0, 0.1) is 0 Å². The first kappa shape index (κ1) is 20.5. The Morgan fingerprint density at radius 1 is 0.472 bits per heavy atom. The first-order valence-corrected chi connectivity index (χ1v) is 12.2. The lowest BCUT2D eigenvalue weighted by molar-refractivity contribution is 0.670. The molecule has 36 heavy (non-hydrogen) atoms. The van der Waals surface area contributed by atoms with Crippen LogP contribution in [0.15, 0.2) is 144 Å². The van der Waals surface area contributed by atoms with Crippen molar-refractivity contribution in [2.75, 3.05) is 4.90 Å². The van der Waals surface area contributed by atoms with Crippen LogP contribution in [0.2, 0.25) is 0 Å². The third kappa shape index (κ3) is 3.27. The van der Waals surface area contributed by atoms with Gasteiger partial charge in [-0.15, -0.1) is 0 Å². The second-order valence-electron chi connectivity index (χ2n) is 8.98. The highest BCUT2D eigenvalue weighted by atomic mass is 16.3. The quantitative estimate of drug-likeness (QED) is 0.259. The van der Waals surface area contributed by atoms with Crippen LogP contribution in [0.4, 0.5) is 17.1 Å². The van der Waals surface area contributed by atoms with Crippen LogP contribution in [0.1, 0.15) is 0 Å². The van der Waals surface area contributed by atoms with E-state index in [1.165, 1.54) is 10.8 Å². The molecule has 0 aliphatic rings.